The van der Waals surface area contributed by atoms with Crippen molar-refractivity contribution >= 4 is 29.2 Å². The van der Waals surface area contributed by atoms with Crippen molar-refractivity contribution in [2.75, 3.05) is 31.2 Å². The molecule has 5 heteroatoms. The Kier molecular flexibility index (Phi) is 3.31. The fourth-order valence-electron chi connectivity index (χ4n) is 3.40. The first-order chi connectivity index (χ1) is 10.7. The molecule has 1 fully saturated rings. The van der Waals surface area contributed by atoms with Crippen LogP contribution in [0.25, 0.3) is 0 Å². The van der Waals surface area contributed by atoms with E-state index in [0.717, 1.165) is 36.0 Å². The standard InChI is InChI=1S/C17H18ClN3O/c1-17(5-2-6-20-17)16-14-9-12(18)3-4-15(14)21-7-8-22-11-13(21)10-19-16/h2-6,9,13H,7-8,10-11H2,1H3. The third-order valence-corrected chi connectivity index (χ3v) is 4.77. The zero-order valence-corrected chi connectivity index (χ0v) is 13.3. The highest BCUT2D eigenvalue weighted by molar-refractivity contribution is 6.31. The third-order valence-electron chi connectivity index (χ3n) is 4.54. The number of nitrogens with zero attached hydrogens (tertiary/aromatic N) is 3. The lowest BCUT2D eigenvalue weighted by Crippen LogP contribution is -2.47. The van der Waals surface area contributed by atoms with E-state index < -0.39 is 5.54 Å². The molecule has 1 saturated heterocycles. The van der Waals surface area contributed by atoms with E-state index in [0.29, 0.717) is 6.61 Å². The van der Waals surface area contributed by atoms with Crippen molar-refractivity contribution in [1.29, 1.82) is 0 Å². The molecule has 0 saturated carbocycles. The second-order valence-corrected chi connectivity index (χ2v) is 6.49. The lowest BCUT2D eigenvalue weighted by molar-refractivity contribution is 0.0966. The molecule has 4 nitrogen and oxygen atoms in total. The number of rotatable bonds is 1. The summed E-state index contributed by atoms with van der Waals surface area (Å²) in [6, 6.07) is 6.35. The molecular weight excluding hydrogens is 298 g/mol. The number of aliphatic imine (C=N–C) groups is 2. The first kappa shape index (κ1) is 14.0. The number of morpholine rings is 1. The molecule has 3 aliphatic heterocycles. The van der Waals surface area contributed by atoms with Gasteiger partial charge in [-0.2, -0.15) is 0 Å². The van der Waals surface area contributed by atoms with Gasteiger partial charge in [-0.1, -0.05) is 11.6 Å². The molecule has 0 N–H and O–H groups in total. The predicted octanol–water partition coefficient (Wildman–Crippen LogP) is 2.75. The first-order valence-electron chi connectivity index (χ1n) is 7.60. The van der Waals surface area contributed by atoms with Gasteiger partial charge >= 0.3 is 0 Å². The summed E-state index contributed by atoms with van der Waals surface area (Å²) in [5, 5.41) is 0.729. The van der Waals surface area contributed by atoms with Crippen molar-refractivity contribution in [3.05, 3.63) is 40.9 Å². The van der Waals surface area contributed by atoms with Crippen molar-refractivity contribution in [3.8, 4) is 0 Å². The van der Waals surface area contributed by atoms with E-state index in [1.165, 1.54) is 5.69 Å². The minimum Gasteiger partial charge on any atom is -0.377 e. The normalized spacial score (nSPS) is 29.8. The molecule has 3 aliphatic rings. The van der Waals surface area contributed by atoms with Crippen LogP contribution in [-0.4, -0.2) is 49.8 Å². The summed E-state index contributed by atoms with van der Waals surface area (Å²) in [4.78, 5) is 11.9. The Hall–Kier alpha value is -1.65. The van der Waals surface area contributed by atoms with Gasteiger partial charge in [0.25, 0.3) is 0 Å². The van der Waals surface area contributed by atoms with Crippen LogP contribution in [0.2, 0.25) is 5.02 Å². The van der Waals surface area contributed by atoms with Gasteiger partial charge < -0.3 is 9.64 Å². The average Bonchev–Trinajstić information content (AvgIpc) is 2.89. The Balaban J connectivity index is 1.88. The predicted molar refractivity (Wildman–Crippen MR) is 90.8 cm³/mol. The molecule has 1 aromatic carbocycles. The lowest BCUT2D eigenvalue weighted by Gasteiger charge is -2.36. The molecule has 0 spiro atoms. The summed E-state index contributed by atoms with van der Waals surface area (Å²) < 4.78 is 5.64. The largest absolute Gasteiger partial charge is 0.377 e. The van der Waals surface area contributed by atoms with Gasteiger partial charge in [0.05, 0.1) is 31.5 Å². The fourth-order valence-corrected chi connectivity index (χ4v) is 3.57. The molecule has 0 aromatic heterocycles. The summed E-state index contributed by atoms with van der Waals surface area (Å²) in [5.41, 5.74) is 2.85. The molecule has 3 heterocycles. The van der Waals surface area contributed by atoms with Gasteiger partial charge in [0.15, 0.2) is 0 Å². The molecule has 4 rings (SSSR count). The van der Waals surface area contributed by atoms with Crippen molar-refractivity contribution < 1.29 is 4.74 Å². The number of halogens is 1. The van der Waals surface area contributed by atoms with E-state index in [2.05, 4.69) is 29.0 Å². The van der Waals surface area contributed by atoms with Crippen LogP contribution in [0.4, 0.5) is 5.69 Å². The number of fused-ring (bicyclic) bond motifs is 3. The summed E-state index contributed by atoms with van der Waals surface area (Å²) >= 11 is 6.27. The summed E-state index contributed by atoms with van der Waals surface area (Å²) in [7, 11) is 0. The Labute approximate surface area is 135 Å². The van der Waals surface area contributed by atoms with Crippen LogP contribution < -0.4 is 4.90 Å². The van der Waals surface area contributed by atoms with E-state index in [4.69, 9.17) is 21.3 Å². The highest BCUT2D eigenvalue weighted by Gasteiger charge is 2.36. The molecule has 22 heavy (non-hydrogen) atoms. The van der Waals surface area contributed by atoms with Crippen molar-refractivity contribution in [3.63, 3.8) is 0 Å². The number of ether oxygens (including phenoxy) is 1. The number of hydrogen-bond donors (Lipinski definition) is 0. The molecule has 0 amide bonds. The van der Waals surface area contributed by atoms with Crippen molar-refractivity contribution in [2.45, 2.75) is 18.5 Å². The maximum atomic E-state index is 6.27. The van der Waals surface area contributed by atoms with Crippen molar-refractivity contribution in [1.82, 2.24) is 0 Å². The van der Waals surface area contributed by atoms with Gasteiger partial charge in [-0.25, -0.2) is 0 Å². The zero-order chi connectivity index (χ0) is 15.2. The Bertz CT molecular complexity index is 683. The molecular formula is C17H18ClN3O. The van der Waals surface area contributed by atoms with E-state index >= 15 is 0 Å². The molecule has 0 radical (unpaired) electrons. The minimum atomic E-state index is -0.408. The summed E-state index contributed by atoms with van der Waals surface area (Å²) in [5.74, 6) is 0. The van der Waals surface area contributed by atoms with Crippen LogP contribution in [0.3, 0.4) is 0 Å². The second kappa shape index (κ2) is 5.21. The van der Waals surface area contributed by atoms with Gasteiger partial charge in [0, 0.05) is 29.0 Å². The van der Waals surface area contributed by atoms with Crippen LogP contribution in [-0.2, 0) is 4.74 Å². The van der Waals surface area contributed by atoms with Gasteiger partial charge in [-0.05, 0) is 37.3 Å². The SMILES string of the molecule is CC1(C2=NCC3COCCN3c3ccc(Cl)cc32)C=CC=N1. The number of allylic oxidation sites excluding steroid dienone is 1. The first-order valence-corrected chi connectivity index (χ1v) is 7.97. The smallest absolute Gasteiger partial charge is 0.118 e. The molecule has 0 bridgehead atoms. The van der Waals surface area contributed by atoms with Gasteiger partial charge in [0.2, 0.25) is 0 Å². The second-order valence-electron chi connectivity index (χ2n) is 6.06. The molecule has 0 aliphatic carbocycles. The number of benzene rings is 1. The van der Waals surface area contributed by atoms with Crippen LogP contribution in [0.1, 0.15) is 12.5 Å². The molecule has 2 unspecified atom stereocenters. The van der Waals surface area contributed by atoms with E-state index in [9.17, 15) is 0 Å². The summed E-state index contributed by atoms with van der Waals surface area (Å²) in [6.45, 7) is 5.17. The molecule has 114 valence electrons. The average molecular weight is 316 g/mol. The fraction of sp³-hybridized carbons (Fsp3) is 0.412. The van der Waals surface area contributed by atoms with Crippen molar-refractivity contribution in [2.24, 2.45) is 9.98 Å². The topological polar surface area (TPSA) is 37.2 Å². The summed E-state index contributed by atoms with van der Waals surface area (Å²) in [6.07, 6.45) is 5.92. The zero-order valence-electron chi connectivity index (χ0n) is 12.5. The van der Waals surface area contributed by atoms with Gasteiger partial charge in [0.1, 0.15) is 5.54 Å². The Morgan fingerprint density at radius 1 is 1.41 bits per heavy atom. The van der Waals surface area contributed by atoms with Gasteiger partial charge in [-0.15, -0.1) is 0 Å². The van der Waals surface area contributed by atoms with Crippen LogP contribution in [0.15, 0.2) is 40.3 Å². The monoisotopic (exact) mass is 315 g/mol. The highest BCUT2D eigenvalue weighted by Crippen LogP contribution is 2.35. The molecule has 1 aromatic rings. The van der Waals surface area contributed by atoms with E-state index in [-0.39, 0.29) is 6.04 Å². The number of hydrogen-bond acceptors (Lipinski definition) is 4. The van der Waals surface area contributed by atoms with E-state index in [1.807, 2.05) is 24.4 Å². The van der Waals surface area contributed by atoms with Crippen LogP contribution >= 0.6 is 11.6 Å². The lowest BCUT2D eigenvalue weighted by atomic mass is 9.90. The highest BCUT2D eigenvalue weighted by atomic mass is 35.5. The van der Waals surface area contributed by atoms with E-state index in [1.54, 1.807) is 0 Å². The Morgan fingerprint density at radius 2 is 2.32 bits per heavy atom. The maximum absolute atomic E-state index is 6.27. The van der Waals surface area contributed by atoms with Crippen LogP contribution in [0, 0.1) is 0 Å². The maximum Gasteiger partial charge on any atom is 0.118 e. The quantitative estimate of drug-likeness (QED) is 0.799. The number of anilines is 1. The Morgan fingerprint density at radius 3 is 3.14 bits per heavy atom. The molecule has 2 atom stereocenters. The minimum absolute atomic E-state index is 0.282. The van der Waals surface area contributed by atoms with Crippen LogP contribution in [0.5, 0.6) is 0 Å². The third kappa shape index (κ3) is 2.18. The van der Waals surface area contributed by atoms with Gasteiger partial charge in [-0.3, -0.25) is 9.98 Å².